The Labute approximate surface area is 222 Å². The highest BCUT2D eigenvalue weighted by molar-refractivity contribution is 6.70. The lowest BCUT2D eigenvalue weighted by molar-refractivity contribution is -0.150. The first-order chi connectivity index (χ1) is 16.4. The largest absolute Gasteiger partial charge is 0.547 e. The number of carbonyl (C=O) groups is 1. The molecule has 4 rings (SSSR count). The zero-order chi connectivity index (χ0) is 26.9. The molecule has 0 amide bonds. The molecular weight excluding hydrogens is 482 g/mol. The number of rotatable bonds is 6. The van der Waals surface area contributed by atoms with Crippen LogP contribution in [0.4, 0.5) is 0 Å². The fourth-order valence-corrected chi connectivity index (χ4v) is 11.1. The SMILES string of the molecule is COC(=O)[C@@H](C)C1CC[C@H]2[C@@H]3C(O[Si](C)(C)C)=CC4(N)CC(O[Si](C)(C)C)CCC4(C)[C@H]3CCC12C. The topological polar surface area (TPSA) is 70.8 Å². The second kappa shape index (κ2) is 9.23. The van der Waals surface area contributed by atoms with E-state index in [1.807, 2.05) is 0 Å². The van der Waals surface area contributed by atoms with Gasteiger partial charge in [0.2, 0.25) is 8.32 Å². The van der Waals surface area contributed by atoms with Crippen molar-refractivity contribution in [3.8, 4) is 0 Å². The Morgan fingerprint density at radius 3 is 2.25 bits per heavy atom. The first-order valence-electron chi connectivity index (χ1n) is 14.4. The number of fused-ring (bicyclic) bond motifs is 5. The predicted octanol–water partition coefficient (Wildman–Crippen LogP) is 6.71. The number of allylic oxidation sites excluding steroid dienone is 1. The average Bonchev–Trinajstić information content (AvgIpc) is 3.08. The molecule has 3 saturated carbocycles. The Morgan fingerprint density at radius 1 is 1.00 bits per heavy atom. The van der Waals surface area contributed by atoms with Crippen LogP contribution in [0.2, 0.25) is 39.3 Å². The van der Waals surface area contributed by atoms with Gasteiger partial charge in [0.15, 0.2) is 8.32 Å². The zero-order valence-corrected chi connectivity index (χ0v) is 26.7. The summed E-state index contributed by atoms with van der Waals surface area (Å²) in [6.07, 6.45) is 10.3. The van der Waals surface area contributed by atoms with Gasteiger partial charge in [-0.1, -0.05) is 20.8 Å². The number of nitrogens with two attached hydrogens (primary N) is 1. The maximum absolute atomic E-state index is 12.6. The normalized spacial score (nSPS) is 43.5. The van der Waals surface area contributed by atoms with E-state index in [9.17, 15) is 4.79 Å². The van der Waals surface area contributed by atoms with E-state index in [0.29, 0.717) is 23.7 Å². The van der Waals surface area contributed by atoms with Crippen molar-refractivity contribution in [2.24, 2.45) is 46.2 Å². The van der Waals surface area contributed by atoms with E-state index in [4.69, 9.17) is 19.3 Å². The van der Waals surface area contributed by atoms with E-state index in [-0.39, 0.29) is 28.8 Å². The molecule has 0 aromatic carbocycles. The van der Waals surface area contributed by atoms with Crippen LogP contribution in [0.15, 0.2) is 11.8 Å². The summed E-state index contributed by atoms with van der Waals surface area (Å²) in [5.41, 5.74) is 7.22. The quantitative estimate of drug-likeness (QED) is 0.302. The van der Waals surface area contributed by atoms with Gasteiger partial charge in [-0.3, -0.25) is 4.79 Å². The van der Waals surface area contributed by atoms with Crippen molar-refractivity contribution >= 4 is 22.6 Å². The third-order valence-electron chi connectivity index (χ3n) is 10.6. The minimum atomic E-state index is -1.84. The number of hydrogen-bond acceptors (Lipinski definition) is 5. The number of esters is 1. The maximum atomic E-state index is 12.6. The lowest BCUT2D eigenvalue weighted by Gasteiger charge is -2.64. The summed E-state index contributed by atoms with van der Waals surface area (Å²) < 4.78 is 18.8. The van der Waals surface area contributed by atoms with Gasteiger partial charge in [-0.15, -0.1) is 0 Å². The van der Waals surface area contributed by atoms with Crippen LogP contribution in [0.5, 0.6) is 0 Å². The van der Waals surface area contributed by atoms with Crippen LogP contribution in [0.1, 0.15) is 65.7 Å². The Bertz CT molecular complexity index is 895. The molecule has 0 saturated heterocycles. The molecule has 0 aromatic rings. The summed E-state index contributed by atoms with van der Waals surface area (Å²) >= 11 is 0. The lowest BCUT2D eigenvalue weighted by atomic mass is 9.44. The van der Waals surface area contributed by atoms with E-state index in [0.717, 1.165) is 44.9 Å². The summed E-state index contributed by atoms with van der Waals surface area (Å²) in [5, 5.41) is 0. The van der Waals surface area contributed by atoms with Crippen molar-refractivity contribution in [3.63, 3.8) is 0 Å². The van der Waals surface area contributed by atoms with Gasteiger partial charge in [0.1, 0.15) is 0 Å². The fourth-order valence-electron chi connectivity index (χ4n) is 9.02. The monoisotopic (exact) mass is 535 g/mol. The van der Waals surface area contributed by atoms with Gasteiger partial charge in [0.05, 0.1) is 18.8 Å². The third kappa shape index (κ3) is 4.80. The molecule has 36 heavy (non-hydrogen) atoms. The standard InChI is InChI=1S/C29H53NO4Si2/c1-19(26(31)32-4)21-11-12-22-25-23(14-15-27(21,22)2)28(3)16-13-20(33-35(5,6)7)17-29(28,30)18-24(25)34-36(8,9)10/h18-23,25H,11-17,30H2,1-10H3/t19-,20?,21?,22-,23-,25-,27?,28?,29?/m0/s1. The molecule has 4 aliphatic carbocycles. The summed E-state index contributed by atoms with van der Waals surface area (Å²) in [6.45, 7) is 20.7. The van der Waals surface area contributed by atoms with Crippen LogP contribution in [0.3, 0.4) is 0 Å². The Hall–Kier alpha value is -0.636. The molecule has 0 radical (unpaired) electrons. The number of methoxy groups -OCH3 is 1. The minimum absolute atomic E-state index is 0.0383. The van der Waals surface area contributed by atoms with Gasteiger partial charge < -0.3 is 19.3 Å². The molecule has 0 heterocycles. The maximum Gasteiger partial charge on any atom is 0.308 e. The van der Waals surface area contributed by atoms with Crippen LogP contribution < -0.4 is 5.73 Å². The Kier molecular flexibility index (Phi) is 7.28. The number of hydrogen-bond donors (Lipinski definition) is 1. The van der Waals surface area contributed by atoms with Crippen molar-refractivity contribution in [2.45, 2.75) is 117 Å². The molecule has 5 unspecified atom stereocenters. The van der Waals surface area contributed by atoms with Crippen LogP contribution in [0.25, 0.3) is 0 Å². The van der Waals surface area contributed by atoms with E-state index in [1.165, 1.54) is 12.9 Å². The zero-order valence-electron chi connectivity index (χ0n) is 24.7. The second-order valence-corrected chi connectivity index (χ2v) is 24.0. The lowest BCUT2D eigenvalue weighted by Crippen LogP contribution is -2.66. The van der Waals surface area contributed by atoms with Crippen LogP contribution in [0, 0.1) is 40.4 Å². The van der Waals surface area contributed by atoms with Crippen molar-refractivity contribution in [2.75, 3.05) is 7.11 Å². The van der Waals surface area contributed by atoms with Gasteiger partial charge in [-0.2, -0.15) is 0 Å². The molecule has 5 nitrogen and oxygen atoms in total. The van der Waals surface area contributed by atoms with Crippen LogP contribution in [-0.2, 0) is 18.4 Å². The summed E-state index contributed by atoms with van der Waals surface area (Å²) in [6, 6.07) is 0. The number of carbonyl (C=O) groups excluding carboxylic acids is 1. The summed E-state index contributed by atoms with van der Waals surface area (Å²) in [7, 11) is -1.96. The molecule has 0 aromatic heterocycles. The third-order valence-corrected chi connectivity index (χ3v) is 12.5. The van der Waals surface area contributed by atoms with Crippen molar-refractivity contribution in [1.29, 1.82) is 0 Å². The van der Waals surface area contributed by atoms with Gasteiger partial charge in [-0.05, 0) is 119 Å². The van der Waals surface area contributed by atoms with E-state index >= 15 is 0 Å². The smallest absolute Gasteiger partial charge is 0.308 e. The molecule has 0 aliphatic heterocycles. The molecular formula is C29H53NO4Si2. The minimum Gasteiger partial charge on any atom is -0.547 e. The Balaban J connectivity index is 1.74. The second-order valence-electron chi connectivity index (χ2n) is 15.1. The van der Waals surface area contributed by atoms with Gasteiger partial charge in [0.25, 0.3) is 0 Å². The Morgan fingerprint density at radius 2 is 1.67 bits per heavy atom. The average molecular weight is 536 g/mol. The highest BCUT2D eigenvalue weighted by atomic mass is 28.4. The predicted molar refractivity (Wildman–Crippen MR) is 151 cm³/mol. The van der Waals surface area contributed by atoms with Crippen molar-refractivity contribution in [3.05, 3.63) is 11.8 Å². The molecule has 206 valence electrons. The molecule has 3 fully saturated rings. The first kappa shape index (κ1) is 28.4. The molecule has 9 atom stereocenters. The summed E-state index contributed by atoms with van der Waals surface area (Å²) in [5.74, 6) is 2.84. The van der Waals surface area contributed by atoms with Crippen molar-refractivity contribution < 1.29 is 18.4 Å². The molecule has 0 bridgehead atoms. The van der Waals surface area contributed by atoms with Gasteiger partial charge in [0, 0.05) is 17.6 Å². The number of ether oxygens (including phenoxy) is 1. The van der Waals surface area contributed by atoms with Gasteiger partial charge in [-0.25, -0.2) is 0 Å². The van der Waals surface area contributed by atoms with Crippen LogP contribution in [-0.4, -0.2) is 41.4 Å². The van der Waals surface area contributed by atoms with E-state index < -0.39 is 22.2 Å². The molecule has 0 spiro atoms. The van der Waals surface area contributed by atoms with Crippen molar-refractivity contribution in [1.82, 2.24) is 0 Å². The molecule has 2 N–H and O–H groups in total. The van der Waals surface area contributed by atoms with E-state index in [2.05, 4.69) is 66.1 Å². The first-order valence-corrected chi connectivity index (χ1v) is 21.2. The van der Waals surface area contributed by atoms with Crippen LogP contribution >= 0.6 is 0 Å². The fraction of sp³-hybridized carbons (Fsp3) is 0.897. The molecule has 7 heteroatoms. The molecule has 4 aliphatic rings. The highest BCUT2D eigenvalue weighted by Crippen LogP contribution is 2.69. The van der Waals surface area contributed by atoms with E-state index in [1.54, 1.807) is 0 Å². The highest BCUT2D eigenvalue weighted by Gasteiger charge is 2.65. The van der Waals surface area contributed by atoms with Gasteiger partial charge >= 0.3 is 5.97 Å². The summed E-state index contributed by atoms with van der Waals surface area (Å²) in [4.78, 5) is 12.6.